The first-order valence-electron chi connectivity index (χ1n) is 11.0. The van der Waals surface area contributed by atoms with Gasteiger partial charge in [-0.1, -0.05) is 12.1 Å². The molecule has 0 aliphatic heterocycles. The van der Waals surface area contributed by atoms with Gasteiger partial charge < -0.3 is 21.5 Å². The average Bonchev–Trinajstić information content (AvgIpc) is 2.84. The summed E-state index contributed by atoms with van der Waals surface area (Å²) in [6.07, 6.45) is -6.60. The van der Waals surface area contributed by atoms with Gasteiger partial charge in [0.2, 0.25) is 0 Å². The molecule has 0 amide bonds. The smallest absolute Gasteiger partial charge is 0.423 e. The van der Waals surface area contributed by atoms with E-state index in [1.54, 1.807) is 24.3 Å². The number of aromatic nitrogens is 4. The Bertz CT molecular complexity index is 1420. The molecule has 0 radical (unpaired) electrons. The highest BCUT2D eigenvalue weighted by atomic mass is 79.9. The van der Waals surface area contributed by atoms with E-state index in [0.29, 0.717) is 23.1 Å². The summed E-state index contributed by atoms with van der Waals surface area (Å²) in [4.78, 5) is 15.0. The number of nitrogens with zero attached hydrogens (tertiary/aromatic N) is 4. The number of aryl methyl sites for hydroxylation is 2. The number of alkyl halides is 6. The van der Waals surface area contributed by atoms with E-state index in [2.05, 4.69) is 35.9 Å². The third-order valence-electron chi connectivity index (χ3n) is 4.91. The van der Waals surface area contributed by atoms with Crippen LogP contribution >= 0.6 is 15.9 Å². The van der Waals surface area contributed by atoms with Gasteiger partial charge in [0.15, 0.2) is 0 Å². The number of rotatable bonds is 2. The molecule has 0 spiro atoms. The van der Waals surface area contributed by atoms with Gasteiger partial charge in [0.25, 0.3) is 0 Å². The molecule has 8 nitrogen and oxygen atoms in total. The Balaban J connectivity index is 0.000000226. The molecule has 6 N–H and O–H groups in total. The van der Waals surface area contributed by atoms with Crippen LogP contribution in [0.5, 0.6) is 0 Å². The lowest BCUT2D eigenvalue weighted by molar-refractivity contribution is -0.139. The van der Waals surface area contributed by atoms with Crippen molar-refractivity contribution in [1.82, 2.24) is 19.9 Å². The summed E-state index contributed by atoms with van der Waals surface area (Å²) in [6.45, 7) is 2.52. The Labute approximate surface area is 233 Å². The summed E-state index contributed by atoms with van der Waals surface area (Å²) >= 11 is 3.17. The molecule has 0 bridgehead atoms. The molecule has 0 saturated carbocycles. The highest BCUT2D eigenvalue weighted by molar-refractivity contribution is 9.10. The van der Waals surface area contributed by atoms with Gasteiger partial charge in [-0.25, -0.2) is 9.97 Å². The van der Waals surface area contributed by atoms with E-state index in [-0.39, 0.29) is 22.7 Å². The normalized spacial score (nSPS) is 11.1. The first-order chi connectivity index (χ1) is 18.5. The van der Waals surface area contributed by atoms with Crippen molar-refractivity contribution in [1.29, 1.82) is 0 Å². The Kier molecular flexibility index (Phi) is 11.0. The van der Waals surface area contributed by atoms with Gasteiger partial charge in [0.05, 0.1) is 16.8 Å². The van der Waals surface area contributed by atoms with Crippen LogP contribution in [0, 0.1) is 13.8 Å². The Morgan fingerprint density at radius 3 is 1.70 bits per heavy atom. The van der Waals surface area contributed by atoms with E-state index in [1.807, 2.05) is 12.1 Å². The monoisotopic (exact) mass is 630 g/mol. The molecule has 4 aromatic rings. The maximum Gasteiger partial charge on any atom is 0.490 e. The maximum absolute atomic E-state index is 12.7. The summed E-state index contributed by atoms with van der Waals surface area (Å²) in [5.41, 5.74) is 9.23. The van der Waals surface area contributed by atoms with Crippen molar-refractivity contribution in [2.75, 3.05) is 11.5 Å². The van der Waals surface area contributed by atoms with Gasteiger partial charge in [-0.05, 0) is 66.2 Å². The molecule has 4 aromatic heterocycles. The van der Waals surface area contributed by atoms with Gasteiger partial charge >= 0.3 is 19.5 Å². The molecule has 0 unspecified atom stereocenters. The molecule has 0 atom stereocenters. The van der Waals surface area contributed by atoms with E-state index in [9.17, 15) is 26.3 Å². The van der Waals surface area contributed by atoms with Crippen LogP contribution in [0.1, 0.15) is 22.5 Å². The quantitative estimate of drug-likeness (QED) is 0.143. The van der Waals surface area contributed by atoms with E-state index in [0.717, 1.165) is 16.9 Å². The van der Waals surface area contributed by atoms with Crippen molar-refractivity contribution in [3.05, 3.63) is 88.0 Å². The molecule has 212 valence electrons. The van der Waals surface area contributed by atoms with Crippen LogP contribution in [0.25, 0.3) is 11.3 Å². The van der Waals surface area contributed by atoms with E-state index in [4.69, 9.17) is 21.5 Å². The number of nitrogen functional groups attached to an aromatic ring is 2. The zero-order valence-corrected chi connectivity index (χ0v) is 22.4. The van der Waals surface area contributed by atoms with Crippen LogP contribution in [0.4, 0.5) is 38.0 Å². The second kappa shape index (κ2) is 13.5. The summed E-state index contributed by atoms with van der Waals surface area (Å²) in [5.74, 6) is 0.793. The predicted octanol–water partition coefficient (Wildman–Crippen LogP) is 4.57. The Hall–Kier alpha value is -3.76. The largest absolute Gasteiger partial charge is 0.490 e. The second-order valence-electron chi connectivity index (χ2n) is 7.96. The van der Waals surface area contributed by atoms with E-state index >= 15 is 0 Å². The van der Waals surface area contributed by atoms with Crippen molar-refractivity contribution in [2.45, 2.75) is 26.2 Å². The van der Waals surface area contributed by atoms with Crippen molar-refractivity contribution >= 4 is 40.1 Å². The highest BCUT2D eigenvalue weighted by Crippen LogP contribution is 2.33. The minimum atomic E-state index is -4.53. The average molecular weight is 631 g/mol. The fourth-order valence-electron chi connectivity index (χ4n) is 2.97. The standard InChI is InChI=1S/C12H10F3N3.C7H7BF3NO2.C5H5BrN2/c1-7-9(12(13,14)15)5-8(6-17-7)10-3-2-4-11(16)18-10;1-4-6(7(9,10)11)2-5(3-12-4)8(13)14;6-4-2-1-3-5(7)8-4/h2-6H,1H3,(H2,16,18);2-3,13-14H,1H3;1-3H,(H2,7,8). The minimum Gasteiger partial charge on any atom is -0.423 e. The summed E-state index contributed by atoms with van der Waals surface area (Å²) in [5, 5.41) is 17.3. The fraction of sp³-hybridized carbons (Fsp3) is 0.167. The number of halogens is 7. The molecule has 4 heterocycles. The van der Waals surface area contributed by atoms with E-state index < -0.39 is 30.6 Å². The third kappa shape index (κ3) is 9.77. The fourth-order valence-corrected chi connectivity index (χ4v) is 3.33. The van der Waals surface area contributed by atoms with Gasteiger partial charge in [-0.15, -0.1) is 0 Å². The van der Waals surface area contributed by atoms with E-state index in [1.165, 1.54) is 20.0 Å². The summed E-state index contributed by atoms with van der Waals surface area (Å²) < 4.78 is 75.9. The Morgan fingerprint density at radius 1 is 0.750 bits per heavy atom. The molecule has 0 fully saturated rings. The van der Waals surface area contributed by atoms with Crippen molar-refractivity contribution in [2.24, 2.45) is 0 Å². The van der Waals surface area contributed by atoms with Crippen LogP contribution < -0.4 is 16.9 Å². The molecular formula is C24H22BBrF6N6O2. The SMILES string of the molecule is Cc1ncc(-c2cccc(N)n2)cc1C(F)(F)F.Cc1ncc(B(O)O)cc1C(F)(F)F.Nc1cccc(Br)n1. The van der Waals surface area contributed by atoms with Gasteiger partial charge in [0.1, 0.15) is 16.2 Å². The minimum absolute atomic E-state index is 0.0600. The number of nitrogens with two attached hydrogens (primary N) is 2. The Morgan fingerprint density at radius 2 is 1.25 bits per heavy atom. The molecule has 0 aliphatic carbocycles. The lowest BCUT2D eigenvalue weighted by atomic mass is 9.80. The summed E-state index contributed by atoms with van der Waals surface area (Å²) in [6, 6.07) is 11.9. The van der Waals surface area contributed by atoms with Crippen LogP contribution in [-0.2, 0) is 12.4 Å². The zero-order valence-electron chi connectivity index (χ0n) is 20.8. The number of hydrogen-bond donors (Lipinski definition) is 4. The van der Waals surface area contributed by atoms with Crippen LogP contribution in [-0.4, -0.2) is 37.1 Å². The predicted molar refractivity (Wildman–Crippen MR) is 142 cm³/mol. The number of anilines is 2. The molecular weight excluding hydrogens is 609 g/mol. The van der Waals surface area contributed by atoms with Crippen LogP contribution in [0.3, 0.4) is 0 Å². The lowest BCUT2D eigenvalue weighted by Crippen LogP contribution is -2.31. The number of pyridine rings is 4. The molecule has 40 heavy (non-hydrogen) atoms. The van der Waals surface area contributed by atoms with Crippen molar-refractivity contribution in [3.63, 3.8) is 0 Å². The van der Waals surface area contributed by atoms with Crippen molar-refractivity contribution in [3.8, 4) is 11.3 Å². The zero-order chi connectivity index (χ0) is 30.3. The van der Waals surface area contributed by atoms with Gasteiger partial charge in [-0.2, -0.15) is 26.3 Å². The molecule has 0 aliphatic rings. The van der Waals surface area contributed by atoms with Crippen LogP contribution in [0.2, 0.25) is 0 Å². The first kappa shape index (κ1) is 32.5. The topological polar surface area (TPSA) is 144 Å². The summed E-state index contributed by atoms with van der Waals surface area (Å²) in [7, 11) is -1.94. The molecule has 16 heteroatoms. The third-order valence-corrected chi connectivity index (χ3v) is 5.35. The number of hydrogen-bond acceptors (Lipinski definition) is 8. The van der Waals surface area contributed by atoms with Gasteiger partial charge in [0, 0.05) is 34.8 Å². The highest BCUT2D eigenvalue weighted by Gasteiger charge is 2.34. The van der Waals surface area contributed by atoms with Crippen LogP contribution in [0.15, 0.2) is 65.5 Å². The van der Waals surface area contributed by atoms with Crippen molar-refractivity contribution < 1.29 is 36.4 Å². The lowest BCUT2D eigenvalue weighted by Gasteiger charge is -2.11. The maximum atomic E-state index is 12.7. The molecule has 0 aromatic carbocycles. The first-order valence-corrected chi connectivity index (χ1v) is 11.8. The van der Waals surface area contributed by atoms with Gasteiger partial charge in [-0.3, -0.25) is 9.97 Å². The molecule has 0 saturated heterocycles. The molecule has 4 rings (SSSR count). The second-order valence-corrected chi connectivity index (χ2v) is 8.77.